The number of ether oxygens (including phenoxy) is 2. The molecule has 1 N–H and O–H groups in total. The van der Waals surface area contributed by atoms with E-state index in [-0.39, 0.29) is 41.8 Å². The monoisotopic (exact) mass is 507 g/mol. The molecule has 0 bridgehead atoms. The molecule has 10 nitrogen and oxygen atoms in total. The highest BCUT2D eigenvalue weighted by Gasteiger charge is 2.41. The number of hydrazine groups is 1. The van der Waals surface area contributed by atoms with Gasteiger partial charge >= 0.3 is 6.18 Å². The summed E-state index contributed by atoms with van der Waals surface area (Å²) in [4.78, 5) is 20.9. The number of anilines is 2. The summed E-state index contributed by atoms with van der Waals surface area (Å²) in [6.45, 7) is 8.03. The number of amides is 1. The smallest absolute Gasteiger partial charge is 0.433 e. The fourth-order valence-electron chi connectivity index (χ4n) is 4.17. The van der Waals surface area contributed by atoms with Crippen LogP contribution in [0.2, 0.25) is 0 Å². The maximum absolute atomic E-state index is 13.5. The highest BCUT2D eigenvalue weighted by molar-refractivity contribution is 5.76. The Morgan fingerprint density at radius 2 is 1.97 bits per heavy atom. The summed E-state index contributed by atoms with van der Waals surface area (Å²) in [5, 5.41) is 8.54. The molecule has 1 saturated heterocycles. The van der Waals surface area contributed by atoms with E-state index in [1.165, 1.54) is 11.2 Å². The molecule has 13 heteroatoms. The molecule has 0 aliphatic carbocycles. The first-order chi connectivity index (χ1) is 17.2. The molecule has 194 valence electrons. The lowest BCUT2D eigenvalue weighted by molar-refractivity contribution is -0.132. The summed E-state index contributed by atoms with van der Waals surface area (Å²) >= 11 is 0. The number of hydrogen-bond donors (Lipinski definition) is 1. The minimum Gasteiger partial charge on any atom is -0.495 e. The van der Waals surface area contributed by atoms with Crippen molar-refractivity contribution < 1.29 is 27.4 Å². The standard InChI is InChI=1S/C23H28F3N7O3/c1-15(33-18-13-28-29-16(2)21(18)22(30-33)23(24,25)26)14-36-11-6-20(34)32-9-7-31(8-10-32)19-5-4-17(35-3)12-27-19/h4-5,12-13,15,30H,2,6-11,14H2,1,3H3. The van der Waals surface area contributed by atoms with Gasteiger partial charge in [-0.05, 0) is 19.1 Å². The van der Waals surface area contributed by atoms with E-state index in [1.807, 2.05) is 12.1 Å². The van der Waals surface area contributed by atoms with Gasteiger partial charge in [-0.15, -0.1) is 0 Å². The third-order valence-electron chi connectivity index (χ3n) is 6.10. The van der Waals surface area contributed by atoms with Crippen LogP contribution in [-0.2, 0) is 9.53 Å². The first-order valence-electron chi connectivity index (χ1n) is 11.5. The number of aromatic nitrogens is 3. The van der Waals surface area contributed by atoms with Gasteiger partial charge in [0, 0.05) is 26.2 Å². The Bertz CT molecular complexity index is 1180. The minimum atomic E-state index is -4.60. The van der Waals surface area contributed by atoms with Gasteiger partial charge in [0.1, 0.15) is 17.3 Å². The lowest BCUT2D eigenvalue weighted by atomic mass is 10.2. The number of carbonyl (C=O) groups is 1. The molecule has 2 aliphatic heterocycles. The number of hydrogen-bond acceptors (Lipinski definition) is 9. The number of nitrogens with zero attached hydrogens (tertiary/aromatic N) is 6. The lowest BCUT2D eigenvalue weighted by Crippen LogP contribution is -2.49. The first kappa shape index (κ1) is 25.5. The van der Waals surface area contributed by atoms with Crippen molar-refractivity contribution in [3.05, 3.63) is 35.1 Å². The average Bonchev–Trinajstić information content (AvgIpc) is 3.28. The number of alkyl halides is 3. The highest BCUT2D eigenvalue weighted by Crippen LogP contribution is 2.28. The van der Waals surface area contributed by atoms with Crippen molar-refractivity contribution in [2.75, 3.05) is 56.4 Å². The van der Waals surface area contributed by atoms with Gasteiger partial charge < -0.3 is 19.3 Å². The van der Waals surface area contributed by atoms with E-state index < -0.39 is 17.9 Å². The molecule has 1 fully saturated rings. The molecule has 1 atom stereocenters. The maximum Gasteiger partial charge on any atom is 0.433 e. The molecule has 0 spiro atoms. The zero-order chi connectivity index (χ0) is 25.9. The molecule has 36 heavy (non-hydrogen) atoms. The second kappa shape index (κ2) is 10.6. The molecule has 2 aromatic heterocycles. The van der Waals surface area contributed by atoms with E-state index in [0.29, 0.717) is 31.9 Å². The number of piperazine rings is 1. The fraction of sp³-hybridized carbons (Fsp3) is 0.478. The lowest BCUT2D eigenvalue weighted by Gasteiger charge is -2.35. The van der Waals surface area contributed by atoms with Crippen LogP contribution in [0.1, 0.15) is 13.3 Å². The summed E-state index contributed by atoms with van der Waals surface area (Å²) in [5.41, 5.74) is 1.70. The second-order valence-electron chi connectivity index (χ2n) is 8.50. The van der Waals surface area contributed by atoms with E-state index in [0.717, 1.165) is 5.82 Å². The summed E-state index contributed by atoms with van der Waals surface area (Å²) in [7, 11) is 1.59. The van der Waals surface area contributed by atoms with Crippen molar-refractivity contribution >= 4 is 29.7 Å². The van der Waals surface area contributed by atoms with Gasteiger partial charge in [0.25, 0.3) is 0 Å². The Kier molecular flexibility index (Phi) is 7.48. The van der Waals surface area contributed by atoms with Crippen LogP contribution in [0.25, 0.3) is 12.3 Å². The summed E-state index contributed by atoms with van der Waals surface area (Å²) in [5.74, 6) is 1.49. The predicted octanol–water partition coefficient (Wildman–Crippen LogP) is 0.430. The molecule has 4 rings (SSSR count). The van der Waals surface area contributed by atoms with Gasteiger partial charge in [-0.1, -0.05) is 6.58 Å². The van der Waals surface area contributed by atoms with Gasteiger partial charge in [0.05, 0.1) is 61.4 Å². The molecular formula is C23H28F3N7O3. The molecule has 1 unspecified atom stereocenters. The topological polar surface area (TPSA) is 95.9 Å². The van der Waals surface area contributed by atoms with Crippen LogP contribution < -0.4 is 30.6 Å². The van der Waals surface area contributed by atoms with Gasteiger partial charge in [0.15, 0.2) is 0 Å². The number of nitrogens with one attached hydrogen (secondary N) is 1. The SMILES string of the molecule is C=c1nncc2c1=C(C(F)(F)F)NN2C(C)COCCC(=O)N1CCN(c2ccc(OC)cn2)CC1. The largest absolute Gasteiger partial charge is 0.495 e. The third kappa shape index (κ3) is 5.45. The fourth-order valence-corrected chi connectivity index (χ4v) is 4.17. The average molecular weight is 508 g/mol. The predicted molar refractivity (Wildman–Crippen MR) is 126 cm³/mol. The maximum atomic E-state index is 13.5. The van der Waals surface area contributed by atoms with Crippen LogP contribution in [-0.4, -0.2) is 84.7 Å². The van der Waals surface area contributed by atoms with E-state index in [9.17, 15) is 18.0 Å². The molecule has 0 aromatic carbocycles. The highest BCUT2D eigenvalue weighted by atomic mass is 19.4. The van der Waals surface area contributed by atoms with Gasteiger partial charge in [-0.3, -0.25) is 15.2 Å². The number of carbonyl (C=O) groups excluding carboxylic acids is 1. The Morgan fingerprint density at radius 3 is 2.61 bits per heavy atom. The van der Waals surface area contributed by atoms with Gasteiger partial charge in [-0.2, -0.15) is 23.4 Å². The molecule has 1 amide bonds. The minimum absolute atomic E-state index is 0.0284. The van der Waals surface area contributed by atoms with Crippen LogP contribution in [0, 0.1) is 0 Å². The van der Waals surface area contributed by atoms with Crippen LogP contribution in [0.4, 0.5) is 24.7 Å². The number of pyridine rings is 1. The Hall–Kier alpha value is -3.61. The zero-order valence-corrected chi connectivity index (χ0v) is 20.1. The second-order valence-corrected chi connectivity index (χ2v) is 8.50. The van der Waals surface area contributed by atoms with E-state index in [1.54, 1.807) is 25.1 Å². The summed E-state index contributed by atoms with van der Waals surface area (Å²) in [6.07, 6.45) is -1.49. The van der Waals surface area contributed by atoms with Crippen molar-refractivity contribution in [3.8, 4) is 5.75 Å². The van der Waals surface area contributed by atoms with Gasteiger partial charge in [-0.25, -0.2) is 4.98 Å². The van der Waals surface area contributed by atoms with Gasteiger partial charge in [0.2, 0.25) is 5.91 Å². The number of fused-ring (bicyclic) bond motifs is 1. The van der Waals surface area contributed by atoms with Crippen molar-refractivity contribution in [1.29, 1.82) is 0 Å². The van der Waals surface area contributed by atoms with Crippen LogP contribution in [0.5, 0.6) is 5.75 Å². The van der Waals surface area contributed by atoms with Crippen molar-refractivity contribution in [2.24, 2.45) is 0 Å². The molecule has 0 radical (unpaired) electrons. The molecule has 2 aliphatic rings. The Morgan fingerprint density at radius 1 is 1.22 bits per heavy atom. The Balaban J connectivity index is 1.23. The van der Waals surface area contributed by atoms with Crippen molar-refractivity contribution in [3.63, 3.8) is 0 Å². The molecular weight excluding hydrogens is 479 g/mol. The Labute approximate surface area is 206 Å². The summed E-state index contributed by atoms with van der Waals surface area (Å²) < 4.78 is 51.3. The summed E-state index contributed by atoms with van der Waals surface area (Å²) in [6, 6.07) is 3.27. The van der Waals surface area contributed by atoms with E-state index in [2.05, 4.69) is 32.1 Å². The van der Waals surface area contributed by atoms with E-state index >= 15 is 0 Å². The number of methoxy groups -OCH3 is 1. The quantitative estimate of drug-likeness (QED) is 0.511. The van der Waals surface area contributed by atoms with Crippen molar-refractivity contribution in [2.45, 2.75) is 25.6 Å². The third-order valence-corrected chi connectivity index (χ3v) is 6.10. The molecule has 4 heterocycles. The first-order valence-corrected chi connectivity index (χ1v) is 11.5. The van der Waals surface area contributed by atoms with Crippen LogP contribution in [0.15, 0.2) is 24.5 Å². The molecule has 2 aromatic rings. The normalized spacial score (nSPS) is 16.6. The van der Waals surface area contributed by atoms with Crippen LogP contribution >= 0.6 is 0 Å². The zero-order valence-electron chi connectivity index (χ0n) is 20.1. The van der Waals surface area contributed by atoms with Crippen LogP contribution in [0.3, 0.4) is 0 Å². The van der Waals surface area contributed by atoms with Crippen molar-refractivity contribution in [1.82, 2.24) is 25.5 Å². The molecule has 0 saturated carbocycles. The van der Waals surface area contributed by atoms with E-state index in [4.69, 9.17) is 9.47 Å². The number of halogens is 3. The number of rotatable bonds is 8.